The Labute approximate surface area is 295 Å². The van der Waals surface area contributed by atoms with Crippen molar-refractivity contribution in [3.8, 4) is 17.3 Å². The highest BCUT2D eigenvalue weighted by Gasteiger charge is 2.34. The van der Waals surface area contributed by atoms with Crippen LogP contribution in [0.25, 0.3) is 22.2 Å². The van der Waals surface area contributed by atoms with Crippen molar-refractivity contribution in [2.45, 2.75) is 50.1 Å². The van der Waals surface area contributed by atoms with E-state index in [0.717, 1.165) is 41.6 Å². The Morgan fingerprint density at radius 1 is 0.843 bits per heavy atom. The van der Waals surface area contributed by atoms with Gasteiger partial charge in [-0.1, -0.05) is 84.9 Å². The number of rotatable bonds is 9. The number of likely N-dealkylation sites (tertiary alicyclic amines) is 1. The molecule has 4 amide bonds. The van der Waals surface area contributed by atoms with E-state index in [1.807, 2.05) is 91.0 Å². The normalized spacial score (nSPS) is 17.5. The van der Waals surface area contributed by atoms with Crippen molar-refractivity contribution in [1.29, 1.82) is 5.26 Å². The molecular weight excluding hydrogens is 640 g/mol. The number of anilines is 1. The predicted octanol–water partition coefficient (Wildman–Crippen LogP) is 5.41. The summed E-state index contributed by atoms with van der Waals surface area (Å²) < 4.78 is 0. The van der Waals surface area contributed by atoms with Crippen molar-refractivity contribution in [3.05, 3.63) is 125 Å². The largest absolute Gasteiger partial charge is 0.353 e. The van der Waals surface area contributed by atoms with Crippen molar-refractivity contribution in [1.82, 2.24) is 20.5 Å². The first kappa shape index (κ1) is 33.4. The van der Waals surface area contributed by atoms with Gasteiger partial charge in [0.25, 0.3) is 0 Å². The Hall–Kier alpha value is -6.05. The maximum absolute atomic E-state index is 13.5. The molecule has 0 bridgehead atoms. The Kier molecular flexibility index (Phi) is 9.72. The van der Waals surface area contributed by atoms with E-state index in [1.54, 1.807) is 17.0 Å². The molecule has 2 aliphatic heterocycles. The molecule has 4 aromatic carbocycles. The highest BCUT2D eigenvalue weighted by Crippen LogP contribution is 2.34. The molecule has 0 radical (unpaired) electrons. The van der Waals surface area contributed by atoms with E-state index >= 15 is 0 Å². The van der Waals surface area contributed by atoms with Gasteiger partial charge in [-0.2, -0.15) is 5.26 Å². The number of hydrogen-bond acceptors (Lipinski definition) is 6. The minimum absolute atomic E-state index is 0.0760. The van der Waals surface area contributed by atoms with E-state index in [2.05, 4.69) is 27.0 Å². The molecule has 2 saturated heterocycles. The third-order valence-corrected chi connectivity index (χ3v) is 9.80. The number of imide groups is 1. The van der Waals surface area contributed by atoms with E-state index in [4.69, 9.17) is 0 Å². The van der Waals surface area contributed by atoms with E-state index in [0.29, 0.717) is 47.3 Å². The lowest BCUT2D eigenvalue weighted by molar-refractivity contribution is -0.136. The number of nitrogens with zero attached hydrogens (tertiary/aromatic N) is 2. The zero-order valence-corrected chi connectivity index (χ0v) is 28.0. The average Bonchev–Trinajstić information content (AvgIpc) is 3.94. The Bertz CT molecular complexity index is 2110. The highest BCUT2D eigenvalue weighted by atomic mass is 16.2. The van der Waals surface area contributed by atoms with Crippen molar-refractivity contribution in [2.24, 2.45) is 0 Å². The van der Waals surface area contributed by atoms with Crippen LogP contribution in [0.5, 0.6) is 0 Å². The number of aromatic amines is 1. The lowest BCUT2D eigenvalue weighted by Crippen LogP contribution is -2.45. The van der Waals surface area contributed by atoms with Gasteiger partial charge in [0.1, 0.15) is 12.1 Å². The molecule has 2 fully saturated rings. The lowest BCUT2D eigenvalue weighted by Gasteiger charge is -2.24. The third-order valence-electron chi connectivity index (χ3n) is 9.80. The fourth-order valence-corrected chi connectivity index (χ4v) is 7.21. The van der Waals surface area contributed by atoms with Crippen LogP contribution in [-0.2, 0) is 25.6 Å². The second-order valence-electron chi connectivity index (χ2n) is 13.1. The number of nitrogens with one attached hydrogen (secondary N) is 4. The number of hydrogen-bond donors (Lipinski definition) is 4. The van der Waals surface area contributed by atoms with Gasteiger partial charge in [-0.25, -0.2) is 0 Å². The van der Waals surface area contributed by atoms with E-state index in [1.165, 1.54) is 0 Å². The van der Waals surface area contributed by atoms with E-state index in [-0.39, 0.29) is 30.2 Å². The van der Waals surface area contributed by atoms with Gasteiger partial charge in [0.2, 0.25) is 23.6 Å². The molecule has 1 unspecified atom stereocenters. The van der Waals surface area contributed by atoms with Crippen molar-refractivity contribution >= 4 is 40.2 Å². The smallest absolute Gasteiger partial charge is 0.247 e. The molecule has 4 N–H and O–H groups in total. The second kappa shape index (κ2) is 14.8. The second-order valence-corrected chi connectivity index (χ2v) is 13.1. The number of benzene rings is 4. The Morgan fingerprint density at radius 2 is 1.57 bits per heavy atom. The molecule has 3 atom stereocenters. The lowest BCUT2D eigenvalue weighted by atomic mass is 9.89. The summed E-state index contributed by atoms with van der Waals surface area (Å²) in [6.07, 6.45) is 3.17. The minimum atomic E-state index is -0.709. The quantitative estimate of drug-likeness (QED) is 0.164. The van der Waals surface area contributed by atoms with Gasteiger partial charge < -0.3 is 20.5 Å². The fraction of sp³-hybridized carbons (Fsp3) is 0.244. The van der Waals surface area contributed by atoms with Crippen LogP contribution in [0.1, 0.15) is 53.9 Å². The van der Waals surface area contributed by atoms with Crippen LogP contribution in [0.4, 0.5) is 5.69 Å². The zero-order valence-electron chi connectivity index (χ0n) is 28.0. The summed E-state index contributed by atoms with van der Waals surface area (Å²) in [5, 5.41) is 19.7. The van der Waals surface area contributed by atoms with Gasteiger partial charge in [-0.05, 0) is 72.7 Å². The first-order chi connectivity index (χ1) is 24.9. The summed E-state index contributed by atoms with van der Waals surface area (Å²) in [6, 6.07) is 33.0. The third kappa shape index (κ3) is 7.16. The molecular formula is C41H38N6O4. The van der Waals surface area contributed by atoms with Crippen molar-refractivity contribution < 1.29 is 19.2 Å². The fourth-order valence-electron chi connectivity index (χ4n) is 7.21. The van der Waals surface area contributed by atoms with Crippen LogP contribution in [0.15, 0.2) is 103 Å². The van der Waals surface area contributed by atoms with E-state index in [9.17, 15) is 24.4 Å². The van der Waals surface area contributed by atoms with Crippen LogP contribution in [0.3, 0.4) is 0 Å². The maximum Gasteiger partial charge on any atom is 0.247 e. The summed E-state index contributed by atoms with van der Waals surface area (Å²) in [5.41, 5.74) is 5.41. The zero-order chi connectivity index (χ0) is 35.3. The summed E-state index contributed by atoms with van der Waals surface area (Å²) in [5.74, 6) is -1.75. The molecule has 0 saturated carbocycles. The molecule has 51 heavy (non-hydrogen) atoms. The Balaban J connectivity index is 1.10. The van der Waals surface area contributed by atoms with Crippen LogP contribution in [-0.4, -0.2) is 58.7 Å². The number of amides is 4. The molecule has 0 aliphatic carbocycles. The van der Waals surface area contributed by atoms with Gasteiger partial charge >= 0.3 is 0 Å². The summed E-state index contributed by atoms with van der Waals surface area (Å²) >= 11 is 0. The van der Waals surface area contributed by atoms with Crippen LogP contribution in [0.2, 0.25) is 0 Å². The molecule has 7 rings (SSSR count). The van der Waals surface area contributed by atoms with Gasteiger partial charge in [0, 0.05) is 23.1 Å². The van der Waals surface area contributed by atoms with Crippen molar-refractivity contribution in [3.63, 3.8) is 0 Å². The highest BCUT2D eigenvalue weighted by molar-refractivity contribution is 6.03. The van der Waals surface area contributed by atoms with Gasteiger partial charge in [0.05, 0.1) is 29.6 Å². The number of aromatic nitrogens is 1. The van der Waals surface area contributed by atoms with Crippen LogP contribution in [0, 0.1) is 11.3 Å². The molecule has 10 nitrogen and oxygen atoms in total. The Morgan fingerprint density at radius 3 is 2.27 bits per heavy atom. The van der Waals surface area contributed by atoms with E-state index < -0.39 is 17.9 Å². The molecule has 10 heteroatoms. The van der Waals surface area contributed by atoms with Crippen LogP contribution < -0.4 is 16.0 Å². The van der Waals surface area contributed by atoms with Crippen LogP contribution >= 0.6 is 0 Å². The standard InChI is InChI=1S/C41H38N6O4/c42-25-32-31-24-30(44-40(50)35-14-8-22-47(35)36(48)23-26-9-3-1-4-10-26)19-20-33(31)45-38(32)29-17-15-28(16-18-29)37(27-11-5-2-6-12-27)41(51)46-39(49)34-13-7-21-43-34/h1-6,9-12,15-20,24,34-35,37,43,45H,7-8,13-14,21-23H2,(H,44,50)(H,46,49,51)/t34?,35-,37-/m0/s1. The minimum Gasteiger partial charge on any atom is -0.353 e. The molecule has 256 valence electrons. The SMILES string of the molecule is N#Cc1c(-c2ccc([C@@H](C(=O)NC(=O)C3CCCN3)c3ccccc3)cc2)[nH]c2ccc(NC(=O)[C@@H]3CCCN3C(=O)Cc3ccccc3)cc12. The molecule has 3 heterocycles. The number of nitriles is 1. The molecule has 2 aliphatic rings. The summed E-state index contributed by atoms with van der Waals surface area (Å²) in [7, 11) is 0. The molecule has 1 aromatic heterocycles. The monoisotopic (exact) mass is 678 g/mol. The molecule has 5 aromatic rings. The van der Waals surface area contributed by atoms with Gasteiger partial charge in [-0.3, -0.25) is 24.5 Å². The first-order valence-corrected chi connectivity index (χ1v) is 17.3. The number of carbonyl (C=O) groups is 4. The number of fused-ring (bicyclic) bond motifs is 1. The average molecular weight is 679 g/mol. The summed E-state index contributed by atoms with van der Waals surface area (Å²) in [4.78, 5) is 57.9. The van der Waals surface area contributed by atoms with Gasteiger partial charge in [-0.15, -0.1) is 0 Å². The first-order valence-electron chi connectivity index (χ1n) is 17.3. The topological polar surface area (TPSA) is 147 Å². The number of H-pyrrole nitrogens is 1. The summed E-state index contributed by atoms with van der Waals surface area (Å²) in [6.45, 7) is 1.29. The number of carbonyl (C=O) groups excluding carboxylic acids is 4. The predicted molar refractivity (Wildman–Crippen MR) is 194 cm³/mol. The maximum atomic E-state index is 13.5. The van der Waals surface area contributed by atoms with Gasteiger partial charge in [0.15, 0.2) is 0 Å². The molecule has 0 spiro atoms. The van der Waals surface area contributed by atoms with Crippen molar-refractivity contribution in [2.75, 3.05) is 18.4 Å².